The number of nitrogens with zero attached hydrogens (tertiary/aromatic N) is 1. The Balaban J connectivity index is 2.44. The molecule has 1 atom stereocenters. The van der Waals surface area contributed by atoms with Crippen LogP contribution < -0.4 is 10.6 Å². The molecule has 0 bridgehead atoms. The molecule has 2 N–H and O–H groups in total. The standard InChI is InChI=1S/C13H21N3O5/c1-3-8-15-10(17)5-4-9(14-2)13(20)21-16-11(18)6-7-12(16)19/h9,14H,3-8H2,1-2H3,(H,15,17). The number of rotatable bonds is 8. The van der Waals surface area contributed by atoms with E-state index in [4.69, 9.17) is 4.84 Å². The summed E-state index contributed by atoms with van der Waals surface area (Å²) in [6, 6.07) is -0.751. The van der Waals surface area contributed by atoms with E-state index >= 15 is 0 Å². The molecule has 0 spiro atoms. The quantitative estimate of drug-likeness (QED) is 0.585. The van der Waals surface area contributed by atoms with Gasteiger partial charge in [0, 0.05) is 25.8 Å². The van der Waals surface area contributed by atoms with Crippen molar-refractivity contribution in [3.8, 4) is 0 Å². The Bertz CT molecular complexity index is 408. The van der Waals surface area contributed by atoms with E-state index in [-0.39, 0.29) is 31.6 Å². The first-order valence-electron chi connectivity index (χ1n) is 7.01. The molecule has 0 aliphatic carbocycles. The van der Waals surface area contributed by atoms with Crippen molar-refractivity contribution >= 4 is 23.7 Å². The SMILES string of the molecule is CCCNC(=O)CCC(NC)C(=O)ON1C(=O)CCC1=O. The summed E-state index contributed by atoms with van der Waals surface area (Å²) in [6.07, 6.45) is 1.32. The summed E-state index contributed by atoms with van der Waals surface area (Å²) < 4.78 is 0. The van der Waals surface area contributed by atoms with Gasteiger partial charge in [-0.05, 0) is 19.9 Å². The second-order valence-electron chi connectivity index (χ2n) is 4.72. The Labute approximate surface area is 123 Å². The number of amides is 3. The number of carbonyl (C=O) groups is 4. The second kappa shape index (κ2) is 8.35. The average molecular weight is 299 g/mol. The molecule has 1 rings (SSSR count). The van der Waals surface area contributed by atoms with Crippen LogP contribution in [0.2, 0.25) is 0 Å². The predicted molar refractivity (Wildman–Crippen MR) is 72.6 cm³/mol. The zero-order valence-electron chi connectivity index (χ0n) is 12.3. The maximum Gasteiger partial charge on any atom is 0.349 e. The van der Waals surface area contributed by atoms with Gasteiger partial charge in [-0.3, -0.25) is 14.4 Å². The van der Waals surface area contributed by atoms with Gasteiger partial charge in [-0.25, -0.2) is 4.79 Å². The van der Waals surface area contributed by atoms with Crippen molar-refractivity contribution in [3.05, 3.63) is 0 Å². The number of hydrogen-bond donors (Lipinski definition) is 2. The lowest BCUT2D eigenvalue weighted by Crippen LogP contribution is -2.42. The van der Waals surface area contributed by atoms with E-state index in [9.17, 15) is 19.2 Å². The highest BCUT2D eigenvalue weighted by Crippen LogP contribution is 2.13. The first-order chi connectivity index (χ1) is 9.99. The molecule has 1 heterocycles. The lowest BCUT2D eigenvalue weighted by atomic mass is 10.1. The molecule has 0 aromatic rings. The third-order valence-electron chi connectivity index (χ3n) is 3.05. The molecule has 3 amide bonds. The van der Waals surface area contributed by atoms with Gasteiger partial charge in [-0.15, -0.1) is 5.06 Å². The number of likely N-dealkylation sites (N-methyl/N-ethyl adjacent to an activating group) is 1. The molecule has 0 radical (unpaired) electrons. The smallest absolute Gasteiger partial charge is 0.349 e. The molecule has 1 unspecified atom stereocenters. The van der Waals surface area contributed by atoms with E-state index in [0.29, 0.717) is 11.6 Å². The molecule has 1 aliphatic rings. The molecule has 0 saturated carbocycles. The minimum absolute atomic E-state index is 0.0513. The molecule has 0 aromatic carbocycles. The Hall–Kier alpha value is -1.96. The summed E-state index contributed by atoms with van der Waals surface area (Å²) in [7, 11) is 1.55. The summed E-state index contributed by atoms with van der Waals surface area (Å²) in [6.45, 7) is 2.53. The van der Waals surface area contributed by atoms with Gasteiger partial charge in [0.05, 0.1) is 0 Å². The largest absolute Gasteiger partial charge is 0.356 e. The number of nitrogens with one attached hydrogen (secondary N) is 2. The van der Waals surface area contributed by atoms with E-state index in [1.807, 2.05) is 6.92 Å². The van der Waals surface area contributed by atoms with Crippen LogP contribution in [0.25, 0.3) is 0 Å². The Kier molecular flexibility index (Phi) is 6.80. The fraction of sp³-hybridized carbons (Fsp3) is 0.692. The van der Waals surface area contributed by atoms with Crippen LogP contribution >= 0.6 is 0 Å². The molecular formula is C13H21N3O5. The summed E-state index contributed by atoms with van der Waals surface area (Å²) >= 11 is 0. The monoisotopic (exact) mass is 299 g/mol. The summed E-state index contributed by atoms with van der Waals surface area (Å²) in [5, 5.41) is 5.92. The van der Waals surface area contributed by atoms with Crippen molar-refractivity contribution in [1.82, 2.24) is 15.7 Å². The van der Waals surface area contributed by atoms with Crippen LogP contribution in [-0.4, -0.2) is 48.4 Å². The molecule has 8 heteroatoms. The normalized spacial score (nSPS) is 16.0. The Morgan fingerprint density at radius 1 is 1.29 bits per heavy atom. The van der Waals surface area contributed by atoms with Crippen LogP contribution in [0, 0.1) is 0 Å². The lowest BCUT2D eigenvalue weighted by Gasteiger charge is -2.18. The Morgan fingerprint density at radius 2 is 1.90 bits per heavy atom. The van der Waals surface area contributed by atoms with E-state index in [1.54, 1.807) is 7.05 Å². The average Bonchev–Trinajstić information content (AvgIpc) is 2.77. The van der Waals surface area contributed by atoms with Crippen molar-refractivity contribution in [2.75, 3.05) is 13.6 Å². The molecule has 118 valence electrons. The van der Waals surface area contributed by atoms with E-state index in [1.165, 1.54) is 0 Å². The highest BCUT2D eigenvalue weighted by atomic mass is 16.7. The van der Waals surface area contributed by atoms with E-state index in [0.717, 1.165) is 6.42 Å². The van der Waals surface area contributed by atoms with Gasteiger partial charge < -0.3 is 15.5 Å². The molecular weight excluding hydrogens is 278 g/mol. The summed E-state index contributed by atoms with van der Waals surface area (Å²) in [4.78, 5) is 50.9. The zero-order chi connectivity index (χ0) is 15.8. The minimum atomic E-state index is -0.751. The van der Waals surface area contributed by atoms with Crippen molar-refractivity contribution in [3.63, 3.8) is 0 Å². The van der Waals surface area contributed by atoms with Crippen LogP contribution in [0.4, 0.5) is 0 Å². The highest BCUT2D eigenvalue weighted by Gasteiger charge is 2.34. The number of hydroxylamine groups is 2. The third-order valence-corrected chi connectivity index (χ3v) is 3.05. The van der Waals surface area contributed by atoms with Gasteiger partial charge in [0.25, 0.3) is 11.8 Å². The third kappa shape index (κ3) is 5.14. The highest BCUT2D eigenvalue weighted by molar-refractivity contribution is 6.01. The maximum absolute atomic E-state index is 11.9. The van der Waals surface area contributed by atoms with Gasteiger partial charge in [0.2, 0.25) is 5.91 Å². The van der Waals surface area contributed by atoms with Gasteiger partial charge >= 0.3 is 5.97 Å². The molecule has 21 heavy (non-hydrogen) atoms. The van der Waals surface area contributed by atoms with Gasteiger partial charge in [0.15, 0.2) is 0 Å². The lowest BCUT2D eigenvalue weighted by molar-refractivity contribution is -0.199. The molecule has 0 aromatic heterocycles. The number of imide groups is 1. The first-order valence-corrected chi connectivity index (χ1v) is 7.01. The Morgan fingerprint density at radius 3 is 2.43 bits per heavy atom. The predicted octanol–water partition coefficient (Wildman–Crippen LogP) is -0.512. The van der Waals surface area contributed by atoms with Crippen molar-refractivity contribution in [1.29, 1.82) is 0 Å². The first kappa shape index (κ1) is 17.1. The van der Waals surface area contributed by atoms with E-state index in [2.05, 4.69) is 10.6 Å². The molecule has 1 saturated heterocycles. The fourth-order valence-corrected chi connectivity index (χ4v) is 1.82. The van der Waals surface area contributed by atoms with Crippen LogP contribution in [0.15, 0.2) is 0 Å². The van der Waals surface area contributed by atoms with Gasteiger partial charge in [-0.2, -0.15) is 0 Å². The van der Waals surface area contributed by atoms with Gasteiger partial charge in [-0.1, -0.05) is 6.92 Å². The van der Waals surface area contributed by atoms with E-state index < -0.39 is 23.8 Å². The topological polar surface area (TPSA) is 105 Å². The summed E-state index contributed by atoms with van der Waals surface area (Å²) in [5.41, 5.74) is 0. The van der Waals surface area contributed by atoms with Crippen molar-refractivity contribution in [2.24, 2.45) is 0 Å². The van der Waals surface area contributed by atoms with Crippen LogP contribution in [0.5, 0.6) is 0 Å². The second-order valence-corrected chi connectivity index (χ2v) is 4.72. The van der Waals surface area contributed by atoms with Crippen LogP contribution in [0.3, 0.4) is 0 Å². The van der Waals surface area contributed by atoms with Crippen LogP contribution in [-0.2, 0) is 24.0 Å². The zero-order valence-corrected chi connectivity index (χ0v) is 12.3. The molecule has 1 fully saturated rings. The molecule has 1 aliphatic heterocycles. The van der Waals surface area contributed by atoms with Crippen LogP contribution in [0.1, 0.15) is 39.0 Å². The minimum Gasteiger partial charge on any atom is -0.356 e. The molecule has 8 nitrogen and oxygen atoms in total. The number of carbonyl (C=O) groups excluding carboxylic acids is 4. The fourth-order valence-electron chi connectivity index (χ4n) is 1.82. The maximum atomic E-state index is 11.9. The van der Waals surface area contributed by atoms with Gasteiger partial charge in [0.1, 0.15) is 6.04 Å². The van der Waals surface area contributed by atoms with Crippen molar-refractivity contribution < 1.29 is 24.0 Å². The number of hydrogen-bond acceptors (Lipinski definition) is 6. The summed E-state index contributed by atoms with van der Waals surface area (Å²) in [5.74, 6) is -1.95. The van der Waals surface area contributed by atoms with Crippen molar-refractivity contribution in [2.45, 2.75) is 45.1 Å².